The monoisotopic (exact) mass is 577 g/mol. The number of anilines is 3. The first kappa shape index (κ1) is 27.4. The molecule has 6 heteroatoms. The van der Waals surface area contributed by atoms with Gasteiger partial charge in [0, 0.05) is 46.6 Å². The summed E-state index contributed by atoms with van der Waals surface area (Å²) in [5.74, 6) is 0. The molecule has 0 radical (unpaired) electrons. The van der Waals surface area contributed by atoms with Crippen molar-refractivity contribution in [3.63, 3.8) is 0 Å². The van der Waals surface area contributed by atoms with E-state index in [2.05, 4.69) is 65.6 Å². The van der Waals surface area contributed by atoms with E-state index in [4.69, 9.17) is 0 Å². The van der Waals surface area contributed by atoms with Gasteiger partial charge in [-0.1, -0.05) is 84.9 Å². The molecule has 44 heavy (non-hydrogen) atoms. The number of halogens is 2. The molecular formula is C38H30BF2N3. The van der Waals surface area contributed by atoms with Crippen LogP contribution in [0, 0.1) is 0 Å². The van der Waals surface area contributed by atoms with Crippen molar-refractivity contribution in [1.29, 1.82) is 0 Å². The quantitative estimate of drug-likeness (QED) is 0.138. The maximum absolute atomic E-state index is 15.4. The van der Waals surface area contributed by atoms with Gasteiger partial charge in [-0.05, 0) is 84.4 Å². The third-order valence-corrected chi connectivity index (χ3v) is 8.08. The standard InChI is InChI=1S/C38H30BF2N3/c1-29-27-37(44-38(29)28-36-13-8-26-42(36)39(44,40)41)25-22-31-17-14-30(15-18-31)16-19-32-20-23-35(24-21-32)43(33-9-4-2-5-10-33)34-11-6-3-7-12-34/h2-28H,1H3/b19-16+,25-22+. The predicted molar refractivity (Wildman–Crippen MR) is 180 cm³/mol. The average Bonchev–Trinajstić information content (AvgIpc) is 3.67. The van der Waals surface area contributed by atoms with Gasteiger partial charge < -0.3 is 22.5 Å². The van der Waals surface area contributed by atoms with Crippen LogP contribution in [-0.4, -0.2) is 21.6 Å². The smallest absolute Gasteiger partial charge is 0.396 e. The molecule has 2 aliphatic heterocycles. The van der Waals surface area contributed by atoms with Crippen LogP contribution < -0.4 is 4.90 Å². The molecule has 0 unspecified atom stereocenters. The fourth-order valence-electron chi connectivity index (χ4n) is 5.86. The normalized spacial score (nSPS) is 15.3. The highest BCUT2D eigenvalue weighted by molar-refractivity contribution is 6.58. The topological polar surface area (TPSA) is 11.2 Å². The van der Waals surface area contributed by atoms with Gasteiger partial charge in [0.05, 0.1) is 0 Å². The third kappa shape index (κ3) is 5.16. The molecule has 0 saturated carbocycles. The van der Waals surface area contributed by atoms with Crippen molar-refractivity contribution in [2.45, 2.75) is 6.92 Å². The van der Waals surface area contributed by atoms with E-state index in [1.54, 1.807) is 18.2 Å². The van der Waals surface area contributed by atoms with E-state index in [9.17, 15) is 0 Å². The molecule has 0 saturated heterocycles. The Kier molecular flexibility index (Phi) is 7.03. The molecular weight excluding hydrogens is 547 g/mol. The summed E-state index contributed by atoms with van der Waals surface area (Å²) in [5.41, 5.74) is 8.79. The minimum Gasteiger partial charge on any atom is -0.396 e. The lowest BCUT2D eigenvalue weighted by Gasteiger charge is -2.28. The summed E-state index contributed by atoms with van der Waals surface area (Å²) >= 11 is 0. The Balaban J connectivity index is 1.07. The Morgan fingerprint density at radius 1 is 0.591 bits per heavy atom. The van der Waals surface area contributed by atoms with Gasteiger partial charge in [0.1, 0.15) is 0 Å². The van der Waals surface area contributed by atoms with Gasteiger partial charge in [0.25, 0.3) is 0 Å². The Morgan fingerprint density at radius 3 is 1.66 bits per heavy atom. The fourth-order valence-corrected chi connectivity index (χ4v) is 5.86. The lowest BCUT2D eigenvalue weighted by molar-refractivity contribution is -0.361. The largest absolute Gasteiger partial charge is 0.737 e. The highest BCUT2D eigenvalue weighted by atomic mass is 19.2. The second-order valence-corrected chi connectivity index (χ2v) is 11.0. The molecule has 0 aliphatic carbocycles. The Hall–Kier alpha value is -5.49. The maximum Gasteiger partial charge on any atom is 0.737 e. The number of aromatic nitrogens is 1. The fraction of sp³-hybridized carbons (Fsp3) is 0.0263. The third-order valence-electron chi connectivity index (χ3n) is 8.08. The van der Waals surface area contributed by atoms with Gasteiger partial charge in [0.2, 0.25) is 0 Å². The number of rotatable bonds is 7. The highest BCUT2D eigenvalue weighted by Crippen LogP contribution is 2.35. The molecule has 214 valence electrons. The first-order valence-corrected chi connectivity index (χ1v) is 14.7. The first-order valence-electron chi connectivity index (χ1n) is 14.7. The summed E-state index contributed by atoms with van der Waals surface area (Å²) < 4.78 is 33.1. The molecule has 0 amide bonds. The number of fused-ring (bicyclic) bond motifs is 2. The average molecular weight is 577 g/mol. The number of para-hydroxylation sites is 2. The number of hydrogen-bond acceptors (Lipinski definition) is 1. The molecule has 5 aromatic rings. The van der Waals surface area contributed by atoms with Gasteiger partial charge in [-0.2, -0.15) is 0 Å². The molecule has 0 fully saturated rings. The molecule has 7 rings (SSSR count). The SMILES string of the molecule is CC1=CC(/C=C/c2ccc(/C=C/c3ccc(N(c4ccccc4)c4ccccc4)cc3)cc2)=[N+]2C1=Cc1cccn1[B-]2(F)F. The van der Waals surface area contributed by atoms with Crippen LogP contribution >= 0.6 is 0 Å². The number of benzene rings is 4. The van der Waals surface area contributed by atoms with Crippen LogP contribution in [0.2, 0.25) is 0 Å². The van der Waals surface area contributed by atoms with Crippen LogP contribution in [0.25, 0.3) is 24.3 Å². The van der Waals surface area contributed by atoms with Crippen molar-refractivity contribution in [3.05, 3.63) is 173 Å². The van der Waals surface area contributed by atoms with Crippen molar-refractivity contribution in [2.24, 2.45) is 0 Å². The van der Waals surface area contributed by atoms with E-state index in [1.165, 1.54) is 10.7 Å². The maximum atomic E-state index is 15.4. The molecule has 3 heterocycles. The number of hydrogen-bond donors (Lipinski definition) is 0. The first-order chi connectivity index (χ1) is 21.5. The molecule has 4 aromatic carbocycles. The van der Waals surface area contributed by atoms with E-state index in [1.807, 2.05) is 85.8 Å². The van der Waals surface area contributed by atoms with Gasteiger partial charge >= 0.3 is 6.97 Å². The zero-order chi connectivity index (χ0) is 30.1. The van der Waals surface area contributed by atoms with Crippen molar-refractivity contribution in [3.8, 4) is 0 Å². The van der Waals surface area contributed by atoms with E-state index in [0.717, 1.165) is 43.8 Å². The lowest BCUT2D eigenvalue weighted by atomic mass is 9.90. The van der Waals surface area contributed by atoms with Gasteiger partial charge in [-0.15, -0.1) is 0 Å². The van der Waals surface area contributed by atoms with Gasteiger partial charge in [0.15, 0.2) is 11.4 Å². The minimum atomic E-state index is -3.95. The van der Waals surface area contributed by atoms with E-state index in [-0.39, 0.29) is 0 Å². The van der Waals surface area contributed by atoms with Crippen LogP contribution in [-0.2, 0) is 0 Å². The van der Waals surface area contributed by atoms with Crippen LogP contribution in [0.4, 0.5) is 25.7 Å². The summed E-state index contributed by atoms with van der Waals surface area (Å²) in [5, 5.41) is 0. The second-order valence-electron chi connectivity index (χ2n) is 11.0. The summed E-state index contributed by atoms with van der Waals surface area (Å²) in [4.78, 5) is 2.24. The van der Waals surface area contributed by atoms with Crippen LogP contribution in [0.5, 0.6) is 0 Å². The predicted octanol–water partition coefficient (Wildman–Crippen LogP) is 9.83. The summed E-state index contributed by atoms with van der Waals surface area (Å²) in [7, 11) is 0. The molecule has 0 atom stereocenters. The zero-order valence-corrected chi connectivity index (χ0v) is 24.3. The molecule has 2 aliphatic rings. The van der Waals surface area contributed by atoms with Crippen molar-refractivity contribution in [1.82, 2.24) is 4.48 Å². The Morgan fingerprint density at radius 2 is 1.09 bits per heavy atom. The molecule has 3 nitrogen and oxygen atoms in total. The van der Waals surface area contributed by atoms with E-state index in [0.29, 0.717) is 17.1 Å². The molecule has 0 bridgehead atoms. The minimum absolute atomic E-state index is 0.489. The molecule has 0 spiro atoms. The zero-order valence-electron chi connectivity index (χ0n) is 24.3. The van der Waals surface area contributed by atoms with Crippen LogP contribution in [0.3, 0.4) is 0 Å². The highest BCUT2D eigenvalue weighted by Gasteiger charge is 2.52. The van der Waals surface area contributed by atoms with E-state index < -0.39 is 6.97 Å². The second kappa shape index (κ2) is 11.3. The molecule has 1 aromatic heterocycles. The van der Waals surface area contributed by atoms with Crippen LogP contribution in [0.1, 0.15) is 29.3 Å². The summed E-state index contributed by atoms with van der Waals surface area (Å²) in [6.45, 7) is -2.07. The van der Waals surface area contributed by atoms with Gasteiger partial charge in [-0.25, -0.2) is 0 Å². The van der Waals surface area contributed by atoms with Gasteiger partial charge in [-0.3, -0.25) is 0 Å². The van der Waals surface area contributed by atoms with E-state index >= 15 is 8.63 Å². The van der Waals surface area contributed by atoms with Crippen molar-refractivity contribution >= 4 is 54.0 Å². The van der Waals surface area contributed by atoms with Crippen LogP contribution in [0.15, 0.2) is 151 Å². The summed E-state index contributed by atoms with van der Waals surface area (Å²) in [6.07, 6.45) is 12.9. The number of allylic oxidation sites excluding steroid dienone is 3. The van der Waals surface area contributed by atoms with Crippen molar-refractivity contribution in [2.75, 3.05) is 4.90 Å². The number of nitrogens with zero attached hydrogens (tertiary/aromatic N) is 3. The molecule has 0 N–H and O–H groups in total. The Bertz CT molecular complexity index is 1930. The lowest BCUT2D eigenvalue weighted by Crippen LogP contribution is -2.49. The Labute approximate surface area is 256 Å². The van der Waals surface area contributed by atoms with Crippen molar-refractivity contribution < 1.29 is 13.1 Å². The summed E-state index contributed by atoms with van der Waals surface area (Å²) in [6, 6.07) is 40.7.